The van der Waals surface area contributed by atoms with Gasteiger partial charge in [0.15, 0.2) is 0 Å². The summed E-state index contributed by atoms with van der Waals surface area (Å²) >= 11 is 6.18. The Kier molecular flexibility index (Phi) is 6.70. The first-order chi connectivity index (χ1) is 12.7. The van der Waals surface area contributed by atoms with Crippen LogP contribution in [0.3, 0.4) is 0 Å². The molecule has 2 nitrogen and oxygen atoms in total. The summed E-state index contributed by atoms with van der Waals surface area (Å²) in [6, 6.07) is 24.7. The van der Waals surface area contributed by atoms with Crippen LogP contribution in [-0.2, 0) is 19.6 Å². The second kappa shape index (κ2) is 9.42. The molecule has 0 saturated carbocycles. The van der Waals surface area contributed by atoms with Crippen molar-refractivity contribution in [2.45, 2.75) is 26.5 Å². The van der Waals surface area contributed by atoms with Gasteiger partial charge in [0.25, 0.3) is 0 Å². The van der Waals surface area contributed by atoms with Crippen molar-refractivity contribution >= 4 is 11.6 Å². The molecular formula is C23H24ClNO. The van der Waals surface area contributed by atoms with Crippen LogP contribution < -0.4 is 10.1 Å². The molecule has 26 heavy (non-hydrogen) atoms. The van der Waals surface area contributed by atoms with Crippen molar-refractivity contribution in [1.82, 2.24) is 5.32 Å². The summed E-state index contributed by atoms with van der Waals surface area (Å²) < 4.78 is 6.05. The van der Waals surface area contributed by atoms with E-state index in [1.54, 1.807) is 0 Å². The largest absolute Gasteiger partial charge is 0.489 e. The lowest BCUT2D eigenvalue weighted by molar-refractivity contribution is 0.302. The number of halogens is 1. The summed E-state index contributed by atoms with van der Waals surface area (Å²) in [6.07, 6.45) is 1.00. The van der Waals surface area contributed by atoms with Crippen LogP contribution in [0.25, 0.3) is 0 Å². The number of benzene rings is 3. The highest BCUT2D eigenvalue weighted by Crippen LogP contribution is 2.24. The Hall–Kier alpha value is -2.29. The van der Waals surface area contributed by atoms with Gasteiger partial charge in [-0.3, -0.25) is 0 Å². The highest BCUT2D eigenvalue weighted by molar-refractivity contribution is 6.30. The van der Waals surface area contributed by atoms with E-state index in [0.29, 0.717) is 6.61 Å². The molecule has 0 aliphatic carbocycles. The van der Waals surface area contributed by atoms with E-state index in [0.717, 1.165) is 35.8 Å². The maximum absolute atomic E-state index is 6.18. The van der Waals surface area contributed by atoms with Gasteiger partial charge in [0.1, 0.15) is 12.4 Å². The molecule has 3 heteroatoms. The fourth-order valence-electron chi connectivity index (χ4n) is 2.89. The van der Waals surface area contributed by atoms with Crippen molar-refractivity contribution in [3.05, 3.63) is 100 Å². The van der Waals surface area contributed by atoms with Gasteiger partial charge in [0, 0.05) is 17.1 Å². The van der Waals surface area contributed by atoms with Gasteiger partial charge in [0.2, 0.25) is 0 Å². The molecule has 0 saturated heterocycles. The van der Waals surface area contributed by atoms with E-state index in [1.807, 2.05) is 24.3 Å². The maximum Gasteiger partial charge on any atom is 0.124 e. The first-order valence-electron chi connectivity index (χ1n) is 8.92. The lowest BCUT2D eigenvalue weighted by Crippen LogP contribution is -2.17. The lowest BCUT2D eigenvalue weighted by atomic mass is 10.1. The molecule has 0 radical (unpaired) electrons. The van der Waals surface area contributed by atoms with Crippen LogP contribution in [0.5, 0.6) is 5.75 Å². The Balaban J connectivity index is 1.57. The van der Waals surface area contributed by atoms with Gasteiger partial charge in [-0.2, -0.15) is 0 Å². The SMILES string of the molecule is Cc1cccc(COc2ccc(Cl)cc2CNCCc2ccccc2)c1. The van der Waals surface area contributed by atoms with Crippen LogP contribution in [0.1, 0.15) is 22.3 Å². The van der Waals surface area contributed by atoms with Gasteiger partial charge in [-0.15, -0.1) is 0 Å². The van der Waals surface area contributed by atoms with Crippen molar-refractivity contribution in [1.29, 1.82) is 0 Å². The molecule has 0 heterocycles. The van der Waals surface area contributed by atoms with Crippen LogP contribution in [0, 0.1) is 6.92 Å². The van der Waals surface area contributed by atoms with E-state index >= 15 is 0 Å². The zero-order valence-corrected chi connectivity index (χ0v) is 15.8. The van der Waals surface area contributed by atoms with E-state index in [4.69, 9.17) is 16.3 Å². The molecule has 134 valence electrons. The molecule has 0 bridgehead atoms. The van der Waals surface area contributed by atoms with Crippen molar-refractivity contribution in [2.75, 3.05) is 6.54 Å². The quantitative estimate of drug-likeness (QED) is 0.527. The molecule has 1 N–H and O–H groups in total. The Morgan fingerprint density at radius 1 is 0.885 bits per heavy atom. The maximum atomic E-state index is 6.18. The Bertz CT molecular complexity index is 833. The minimum Gasteiger partial charge on any atom is -0.489 e. The highest BCUT2D eigenvalue weighted by atomic mass is 35.5. The molecule has 0 aliphatic rings. The topological polar surface area (TPSA) is 21.3 Å². The predicted molar refractivity (Wildman–Crippen MR) is 109 cm³/mol. The second-order valence-corrected chi connectivity index (χ2v) is 6.88. The summed E-state index contributed by atoms with van der Waals surface area (Å²) in [7, 11) is 0. The number of ether oxygens (including phenoxy) is 1. The molecule has 0 spiro atoms. The number of hydrogen-bond acceptors (Lipinski definition) is 2. The molecule has 3 aromatic rings. The molecular weight excluding hydrogens is 342 g/mol. The minimum absolute atomic E-state index is 0.556. The van der Waals surface area contributed by atoms with E-state index in [2.05, 4.69) is 60.8 Å². The summed E-state index contributed by atoms with van der Waals surface area (Å²) in [5.41, 5.74) is 4.83. The number of rotatable bonds is 8. The molecule has 0 aromatic heterocycles. The first kappa shape index (κ1) is 18.5. The Labute approximate surface area is 160 Å². The molecule has 3 rings (SSSR count). The zero-order chi connectivity index (χ0) is 18.2. The summed E-state index contributed by atoms with van der Waals surface area (Å²) in [5, 5.41) is 4.22. The van der Waals surface area contributed by atoms with Crippen LogP contribution in [0.15, 0.2) is 72.8 Å². The molecule has 0 fully saturated rings. The number of hydrogen-bond donors (Lipinski definition) is 1. The van der Waals surface area contributed by atoms with Gasteiger partial charge < -0.3 is 10.1 Å². The van der Waals surface area contributed by atoms with Crippen molar-refractivity contribution in [3.8, 4) is 5.75 Å². The smallest absolute Gasteiger partial charge is 0.124 e. The van der Waals surface area contributed by atoms with Gasteiger partial charge in [-0.1, -0.05) is 71.8 Å². The average molecular weight is 366 g/mol. The van der Waals surface area contributed by atoms with Crippen LogP contribution in [-0.4, -0.2) is 6.54 Å². The third-order valence-electron chi connectivity index (χ3n) is 4.25. The van der Waals surface area contributed by atoms with Gasteiger partial charge >= 0.3 is 0 Å². The van der Waals surface area contributed by atoms with Crippen LogP contribution >= 0.6 is 11.6 Å². The summed E-state index contributed by atoms with van der Waals surface area (Å²) in [5.74, 6) is 0.878. The summed E-state index contributed by atoms with van der Waals surface area (Å²) in [4.78, 5) is 0. The molecule has 0 atom stereocenters. The first-order valence-corrected chi connectivity index (χ1v) is 9.30. The Morgan fingerprint density at radius 2 is 1.69 bits per heavy atom. The molecule has 0 aliphatic heterocycles. The third kappa shape index (κ3) is 5.62. The monoisotopic (exact) mass is 365 g/mol. The predicted octanol–water partition coefficient (Wildman–Crippen LogP) is 5.56. The molecule has 3 aromatic carbocycles. The second-order valence-electron chi connectivity index (χ2n) is 6.44. The normalized spacial score (nSPS) is 10.7. The van der Waals surface area contributed by atoms with Crippen molar-refractivity contribution in [3.63, 3.8) is 0 Å². The number of aryl methyl sites for hydroxylation is 1. The fraction of sp³-hybridized carbons (Fsp3) is 0.217. The zero-order valence-electron chi connectivity index (χ0n) is 15.0. The number of nitrogens with one attached hydrogen (secondary N) is 1. The highest BCUT2D eigenvalue weighted by Gasteiger charge is 2.06. The van der Waals surface area contributed by atoms with Crippen LogP contribution in [0.2, 0.25) is 5.02 Å². The fourth-order valence-corrected chi connectivity index (χ4v) is 3.09. The van der Waals surface area contributed by atoms with E-state index in [1.165, 1.54) is 16.7 Å². The van der Waals surface area contributed by atoms with Crippen molar-refractivity contribution in [2.24, 2.45) is 0 Å². The van der Waals surface area contributed by atoms with Crippen molar-refractivity contribution < 1.29 is 4.74 Å². The standard InChI is InChI=1S/C23H24ClNO/c1-18-6-5-9-20(14-18)17-26-23-11-10-22(24)15-21(23)16-25-13-12-19-7-3-2-4-8-19/h2-11,14-15,25H,12-13,16-17H2,1H3. The Morgan fingerprint density at radius 3 is 2.50 bits per heavy atom. The van der Waals surface area contributed by atoms with E-state index in [9.17, 15) is 0 Å². The van der Waals surface area contributed by atoms with Gasteiger partial charge in [-0.05, 0) is 49.2 Å². The average Bonchev–Trinajstić information content (AvgIpc) is 2.65. The van der Waals surface area contributed by atoms with Crippen LogP contribution in [0.4, 0.5) is 0 Å². The van der Waals surface area contributed by atoms with Gasteiger partial charge in [0.05, 0.1) is 0 Å². The minimum atomic E-state index is 0.556. The lowest BCUT2D eigenvalue weighted by Gasteiger charge is -2.13. The third-order valence-corrected chi connectivity index (χ3v) is 4.48. The van der Waals surface area contributed by atoms with Gasteiger partial charge in [-0.25, -0.2) is 0 Å². The van der Waals surface area contributed by atoms with E-state index < -0.39 is 0 Å². The molecule has 0 amide bonds. The summed E-state index contributed by atoms with van der Waals surface area (Å²) in [6.45, 7) is 4.29. The van der Waals surface area contributed by atoms with E-state index in [-0.39, 0.29) is 0 Å². The molecule has 0 unspecified atom stereocenters.